The van der Waals surface area contributed by atoms with Gasteiger partial charge in [0.15, 0.2) is 11.5 Å². The van der Waals surface area contributed by atoms with Crippen LogP contribution < -0.4 is 23.8 Å². The third kappa shape index (κ3) is 8.46. The molecule has 4 aromatic carbocycles. The van der Waals surface area contributed by atoms with Crippen LogP contribution in [0.1, 0.15) is 30.9 Å². The fourth-order valence-corrected chi connectivity index (χ4v) is 6.89. The summed E-state index contributed by atoms with van der Waals surface area (Å²) in [4.78, 5) is 30.1. The van der Waals surface area contributed by atoms with E-state index >= 15 is 0 Å². The maximum absolute atomic E-state index is 14.7. The van der Waals surface area contributed by atoms with Gasteiger partial charge >= 0.3 is 0 Å². The molecule has 0 radical (unpaired) electrons. The second-order valence-corrected chi connectivity index (χ2v) is 13.2. The van der Waals surface area contributed by atoms with Crippen molar-refractivity contribution in [3.8, 4) is 17.2 Å². The Hall–Kier alpha value is -5.03. The molecule has 48 heavy (non-hydrogen) atoms. The highest BCUT2D eigenvalue weighted by molar-refractivity contribution is 7.92. The smallest absolute Gasteiger partial charge is 0.264 e. The van der Waals surface area contributed by atoms with Gasteiger partial charge in [-0.1, -0.05) is 74.0 Å². The molecule has 1 heterocycles. The Morgan fingerprint density at radius 2 is 1.54 bits per heavy atom. The molecule has 0 aromatic heterocycles. The Morgan fingerprint density at radius 3 is 2.25 bits per heavy atom. The molecule has 2 amide bonds. The Balaban J connectivity index is 1.58. The first-order valence-corrected chi connectivity index (χ1v) is 17.5. The van der Waals surface area contributed by atoms with E-state index in [0.29, 0.717) is 37.0 Å². The van der Waals surface area contributed by atoms with Crippen molar-refractivity contribution in [3.05, 3.63) is 114 Å². The maximum Gasteiger partial charge on any atom is 0.264 e. The summed E-state index contributed by atoms with van der Waals surface area (Å²) < 4.78 is 46.4. The first-order valence-electron chi connectivity index (χ1n) is 16.0. The van der Waals surface area contributed by atoms with Crippen LogP contribution in [0.2, 0.25) is 0 Å². The molecule has 1 aliphatic rings. The summed E-state index contributed by atoms with van der Waals surface area (Å²) in [6, 6.07) is 28.5. The highest BCUT2D eigenvalue weighted by atomic mass is 32.2. The predicted octanol–water partition coefficient (Wildman–Crippen LogP) is 5.22. The van der Waals surface area contributed by atoms with E-state index in [2.05, 4.69) is 5.32 Å². The fourth-order valence-electron chi connectivity index (χ4n) is 5.46. The molecule has 4 aromatic rings. The number of anilines is 1. The monoisotopic (exact) mass is 671 g/mol. The highest BCUT2D eigenvalue weighted by Crippen LogP contribution is 2.36. The van der Waals surface area contributed by atoms with Crippen LogP contribution >= 0.6 is 0 Å². The minimum Gasteiger partial charge on any atom is -0.497 e. The number of nitrogens with zero attached hydrogens (tertiary/aromatic N) is 2. The molecular formula is C37H41N3O7S. The van der Waals surface area contributed by atoms with Gasteiger partial charge in [0.25, 0.3) is 10.0 Å². The molecule has 10 nitrogen and oxygen atoms in total. The van der Waals surface area contributed by atoms with Crippen LogP contribution in [-0.2, 0) is 32.6 Å². The van der Waals surface area contributed by atoms with E-state index in [1.54, 1.807) is 55.6 Å². The molecule has 0 bridgehead atoms. The van der Waals surface area contributed by atoms with Crippen molar-refractivity contribution in [3.63, 3.8) is 0 Å². The normalized spacial score (nSPS) is 12.9. The van der Waals surface area contributed by atoms with Crippen molar-refractivity contribution >= 4 is 27.5 Å². The summed E-state index contributed by atoms with van der Waals surface area (Å²) in [5.41, 5.74) is 1.81. The van der Waals surface area contributed by atoms with Crippen LogP contribution in [0, 0.1) is 0 Å². The molecule has 0 spiro atoms. The summed E-state index contributed by atoms with van der Waals surface area (Å²) in [5.74, 6) is 0.584. The second kappa shape index (κ2) is 16.2. The lowest BCUT2D eigenvalue weighted by Crippen LogP contribution is -2.53. The summed E-state index contributed by atoms with van der Waals surface area (Å²) in [5, 5.41) is 3.00. The van der Waals surface area contributed by atoms with Crippen LogP contribution in [0.3, 0.4) is 0 Å². The topological polar surface area (TPSA) is 114 Å². The molecule has 252 valence electrons. The number of carbonyl (C=O) groups excluding carboxylic acids is 2. The number of carbonyl (C=O) groups is 2. The third-order valence-electron chi connectivity index (χ3n) is 8.01. The SMILES string of the molecule is CCCCNC(=O)[C@@H](Cc1ccccc1)N(Cc1cccc(OC)c1)C(=O)CN(c1ccc2c(c1)OCCO2)S(=O)(=O)c1ccccc1. The zero-order valence-corrected chi connectivity index (χ0v) is 28.0. The van der Waals surface area contributed by atoms with E-state index in [1.807, 2.05) is 49.4 Å². The quantitative estimate of drug-likeness (QED) is 0.173. The fraction of sp³-hybridized carbons (Fsp3) is 0.297. The van der Waals surface area contributed by atoms with Gasteiger partial charge in [0.05, 0.1) is 17.7 Å². The van der Waals surface area contributed by atoms with Crippen molar-refractivity contribution in [1.29, 1.82) is 0 Å². The van der Waals surface area contributed by atoms with Gasteiger partial charge in [0.1, 0.15) is 31.5 Å². The van der Waals surface area contributed by atoms with Gasteiger partial charge in [-0.3, -0.25) is 13.9 Å². The largest absolute Gasteiger partial charge is 0.497 e. The lowest BCUT2D eigenvalue weighted by atomic mass is 10.0. The van der Waals surface area contributed by atoms with Gasteiger partial charge in [-0.15, -0.1) is 0 Å². The number of fused-ring (bicyclic) bond motifs is 1. The number of nitrogens with one attached hydrogen (secondary N) is 1. The highest BCUT2D eigenvalue weighted by Gasteiger charge is 2.35. The maximum atomic E-state index is 14.7. The molecule has 11 heteroatoms. The molecule has 1 aliphatic heterocycles. The van der Waals surface area contributed by atoms with Gasteiger partial charge < -0.3 is 24.4 Å². The number of rotatable bonds is 15. The average molecular weight is 672 g/mol. The number of sulfonamides is 1. The molecule has 5 rings (SSSR count). The number of hydrogen-bond acceptors (Lipinski definition) is 7. The van der Waals surface area contributed by atoms with Crippen LogP contribution in [0.15, 0.2) is 108 Å². The van der Waals surface area contributed by atoms with E-state index in [1.165, 1.54) is 17.0 Å². The number of benzene rings is 4. The minimum atomic E-state index is -4.25. The predicted molar refractivity (Wildman–Crippen MR) is 184 cm³/mol. The Labute approximate surface area is 282 Å². The number of ether oxygens (including phenoxy) is 3. The van der Waals surface area contributed by atoms with E-state index in [4.69, 9.17) is 14.2 Å². The van der Waals surface area contributed by atoms with Gasteiger partial charge in [-0.2, -0.15) is 0 Å². The molecule has 1 N–H and O–H groups in total. The molecule has 1 atom stereocenters. The minimum absolute atomic E-state index is 0.0187. The van der Waals surface area contributed by atoms with E-state index in [0.717, 1.165) is 28.3 Å². The van der Waals surface area contributed by atoms with E-state index in [-0.39, 0.29) is 29.5 Å². The molecule has 0 unspecified atom stereocenters. The summed E-state index contributed by atoms with van der Waals surface area (Å²) >= 11 is 0. The van der Waals surface area contributed by atoms with Gasteiger partial charge in [-0.25, -0.2) is 8.42 Å². The van der Waals surface area contributed by atoms with Crippen LogP contribution in [0.4, 0.5) is 5.69 Å². The zero-order chi connectivity index (χ0) is 33.9. The van der Waals surface area contributed by atoms with Crippen molar-refractivity contribution in [2.45, 2.75) is 43.7 Å². The van der Waals surface area contributed by atoms with Crippen LogP contribution in [-0.4, -0.2) is 64.6 Å². The summed E-state index contributed by atoms with van der Waals surface area (Å²) in [6.07, 6.45) is 1.89. The summed E-state index contributed by atoms with van der Waals surface area (Å²) in [6.45, 7) is 2.63. The zero-order valence-electron chi connectivity index (χ0n) is 27.2. The summed E-state index contributed by atoms with van der Waals surface area (Å²) in [7, 11) is -2.69. The van der Waals surface area contributed by atoms with E-state index in [9.17, 15) is 18.0 Å². The second-order valence-electron chi connectivity index (χ2n) is 11.4. The van der Waals surface area contributed by atoms with Gasteiger partial charge in [0.2, 0.25) is 11.8 Å². The third-order valence-corrected chi connectivity index (χ3v) is 9.80. The standard InChI is InChI=1S/C37H41N3O7S/c1-3-4-20-38-37(42)33(24-28-12-7-5-8-13-28)39(26-29-14-11-15-31(23-29)45-2)36(41)27-40(48(43,44)32-16-9-6-10-17-32)30-18-19-34-35(25-30)47-22-21-46-34/h5-19,23,25,33H,3-4,20-22,24,26-27H2,1-2H3,(H,38,42)/t33-/m1/s1. The van der Waals surface area contributed by atoms with E-state index < -0.39 is 28.5 Å². The first-order chi connectivity index (χ1) is 23.3. The first kappa shape index (κ1) is 34.3. The van der Waals surface area contributed by atoms with Crippen molar-refractivity contribution in [2.24, 2.45) is 0 Å². The van der Waals surface area contributed by atoms with Crippen LogP contribution in [0.25, 0.3) is 0 Å². The lowest BCUT2D eigenvalue weighted by Gasteiger charge is -2.34. The van der Waals surface area contributed by atoms with Crippen molar-refractivity contribution in [1.82, 2.24) is 10.2 Å². The Morgan fingerprint density at radius 1 is 0.854 bits per heavy atom. The molecule has 0 saturated carbocycles. The number of unbranched alkanes of at least 4 members (excludes halogenated alkanes) is 1. The number of hydrogen-bond donors (Lipinski definition) is 1. The number of amides is 2. The van der Waals surface area contributed by atoms with Gasteiger partial charge in [-0.05, 0) is 53.9 Å². The molecular weight excluding hydrogens is 630 g/mol. The Bertz CT molecular complexity index is 1790. The lowest BCUT2D eigenvalue weighted by molar-refractivity contribution is -0.140. The van der Waals surface area contributed by atoms with Crippen LogP contribution in [0.5, 0.6) is 17.2 Å². The number of methoxy groups -OCH3 is 1. The average Bonchev–Trinajstić information content (AvgIpc) is 3.12. The Kier molecular flexibility index (Phi) is 11.6. The molecule has 0 fully saturated rings. The molecule has 0 saturated heterocycles. The van der Waals surface area contributed by atoms with Crippen molar-refractivity contribution < 1.29 is 32.2 Å². The van der Waals surface area contributed by atoms with Crippen molar-refractivity contribution in [2.75, 3.05) is 37.7 Å². The molecule has 0 aliphatic carbocycles. The van der Waals surface area contributed by atoms with Gasteiger partial charge in [0, 0.05) is 25.6 Å².